The zero-order valence-electron chi connectivity index (χ0n) is 30.2. The van der Waals surface area contributed by atoms with Crippen molar-refractivity contribution in [2.24, 2.45) is 0 Å². The third-order valence-corrected chi connectivity index (χ3v) is 8.84. The number of rotatable bonds is 4. The number of nitrogens with zero attached hydrogens (tertiary/aromatic N) is 8. The van der Waals surface area contributed by atoms with Crippen molar-refractivity contribution in [3.63, 3.8) is 0 Å². The highest BCUT2D eigenvalue weighted by Gasteiger charge is 2.30. The largest absolute Gasteiger partial charge is 0.486 e. The fourth-order valence-corrected chi connectivity index (χ4v) is 5.93. The van der Waals surface area contributed by atoms with E-state index in [2.05, 4.69) is 34.9 Å². The molecule has 2 aliphatic heterocycles. The Balaban J connectivity index is 0.000000164. The number of benzene rings is 4. The second-order valence-electron chi connectivity index (χ2n) is 12.5. The zero-order valence-corrected chi connectivity index (χ0v) is 30.9. The highest BCUT2D eigenvalue weighted by Crippen LogP contribution is 2.39. The molecule has 8 rings (SSSR count). The van der Waals surface area contributed by atoms with Gasteiger partial charge in [-0.1, -0.05) is 24.3 Å². The molecule has 0 saturated carbocycles. The van der Waals surface area contributed by atoms with Crippen molar-refractivity contribution in [1.29, 1.82) is 0 Å². The fourth-order valence-electron chi connectivity index (χ4n) is 5.80. The van der Waals surface area contributed by atoms with Gasteiger partial charge in [0.1, 0.15) is 36.5 Å². The van der Waals surface area contributed by atoms with Crippen LogP contribution in [0, 0.1) is 36.4 Å². The molecule has 0 amide bonds. The Morgan fingerprint density at radius 2 is 1.12 bits per heavy atom. The maximum absolute atomic E-state index is 13.6. The molecule has 0 bridgehead atoms. The minimum Gasteiger partial charge on any atom is -0.486 e. The first-order valence-corrected chi connectivity index (χ1v) is 17.3. The Kier molecular flexibility index (Phi) is 12.2. The van der Waals surface area contributed by atoms with Gasteiger partial charge >= 0.3 is 0 Å². The molecular formula is C40H31ClF4N10O2. The maximum atomic E-state index is 13.6. The van der Waals surface area contributed by atoms with E-state index in [9.17, 15) is 17.6 Å². The highest BCUT2D eigenvalue weighted by atomic mass is 35.5. The van der Waals surface area contributed by atoms with Gasteiger partial charge in [0.25, 0.3) is 0 Å². The highest BCUT2D eigenvalue weighted by molar-refractivity contribution is 6.28. The van der Waals surface area contributed by atoms with Crippen LogP contribution in [0.2, 0.25) is 5.28 Å². The van der Waals surface area contributed by atoms with E-state index < -0.39 is 29.3 Å². The van der Waals surface area contributed by atoms with Crippen molar-refractivity contribution < 1.29 is 27.0 Å². The van der Waals surface area contributed by atoms with Crippen LogP contribution in [0.3, 0.4) is 0 Å². The standard InChI is InChI=1S/C20H15F2N5O.C13H10ClF2N3O.C7H6N2/c1-23-15-3-5-16(6-4-15)25-20-24-10-18-19(26-20)27(2)17(11-28-18)12-7-13(21)9-14(22)8-12;1-19-10(7-2-8(15)4-9(16)3-7)6-20-11-5-17-13(14)18-12(11)19;1-9-7-4-2-6(8)3-5-7/h3-10,17H,11H2,2H3,(H,24,25,26);2-5,10H,6H2,1H3;2-5H,8H2. The molecule has 6 aromatic rings. The van der Waals surface area contributed by atoms with Gasteiger partial charge in [0.15, 0.2) is 34.5 Å². The molecule has 57 heavy (non-hydrogen) atoms. The van der Waals surface area contributed by atoms with E-state index in [4.69, 9.17) is 40.0 Å². The lowest BCUT2D eigenvalue weighted by Gasteiger charge is -2.35. The number of anilines is 5. The second-order valence-corrected chi connectivity index (χ2v) is 12.8. The van der Waals surface area contributed by atoms with E-state index >= 15 is 0 Å². The fraction of sp³-hybridized carbons (Fsp3) is 0.150. The quantitative estimate of drug-likeness (QED) is 0.0773. The Bertz CT molecular complexity index is 2420. The van der Waals surface area contributed by atoms with E-state index in [0.29, 0.717) is 57.3 Å². The van der Waals surface area contributed by atoms with Crippen LogP contribution in [-0.2, 0) is 0 Å². The summed E-state index contributed by atoms with van der Waals surface area (Å²) in [6.07, 6.45) is 3.03. The van der Waals surface area contributed by atoms with Gasteiger partial charge in [0.05, 0.1) is 37.6 Å². The van der Waals surface area contributed by atoms with Crippen LogP contribution in [0.4, 0.5) is 57.9 Å². The van der Waals surface area contributed by atoms with Crippen LogP contribution in [0.15, 0.2) is 97.3 Å². The monoisotopic (exact) mass is 794 g/mol. The summed E-state index contributed by atoms with van der Waals surface area (Å²) in [7, 11) is 3.55. The van der Waals surface area contributed by atoms with Gasteiger partial charge in [-0.2, -0.15) is 9.97 Å². The molecule has 4 aromatic carbocycles. The molecule has 4 heterocycles. The molecule has 2 atom stereocenters. The number of nitrogens with two attached hydrogens (primary N) is 1. The molecule has 2 unspecified atom stereocenters. The summed E-state index contributed by atoms with van der Waals surface area (Å²) in [6, 6.07) is 19.8. The number of fused-ring (bicyclic) bond motifs is 2. The number of likely N-dealkylation sites (N-methyl/N-ethyl adjacent to an activating group) is 2. The molecule has 3 N–H and O–H groups in total. The Hall–Kier alpha value is -7.17. The van der Waals surface area contributed by atoms with Crippen molar-refractivity contribution in [3.05, 3.63) is 160 Å². The third-order valence-electron chi connectivity index (χ3n) is 8.65. The van der Waals surface area contributed by atoms with Crippen LogP contribution in [0.25, 0.3) is 9.69 Å². The molecule has 12 nitrogen and oxygen atoms in total. The summed E-state index contributed by atoms with van der Waals surface area (Å²) in [5, 5.41) is 3.16. The Labute approximate surface area is 329 Å². The number of hydrogen-bond acceptors (Lipinski definition) is 10. The van der Waals surface area contributed by atoms with Gasteiger partial charge in [0.2, 0.25) is 11.2 Å². The number of nitrogen functional groups attached to an aromatic ring is 1. The van der Waals surface area contributed by atoms with E-state index in [0.717, 1.165) is 17.8 Å². The van der Waals surface area contributed by atoms with Crippen molar-refractivity contribution in [2.75, 3.05) is 48.2 Å². The average molecular weight is 795 g/mol. The van der Waals surface area contributed by atoms with Gasteiger partial charge < -0.3 is 30.3 Å². The molecule has 0 saturated heterocycles. The lowest BCUT2D eigenvalue weighted by atomic mass is 10.0. The molecule has 0 radical (unpaired) electrons. The lowest BCUT2D eigenvalue weighted by Crippen LogP contribution is -2.34. The minimum atomic E-state index is -0.637. The van der Waals surface area contributed by atoms with Gasteiger partial charge in [-0.05, 0) is 71.3 Å². The van der Waals surface area contributed by atoms with E-state index in [-0.39, 0.29) is 24.5 Å². The van der Waals surface area contributed by atoms with Gasteiger partial charge in [-0.3, -0.25) is 0 Å². The van der Waals surface area contributed by atoms with Crippen LogP contribution < -0.4 is 30.3 Å². The third kappa shape index (κ3) is 9.74. The smallest absolute Gasteiger partial charge is 0.229 e. The number of nitrogens with one attached hydrogen (secondary N) is 1. The summed E-state index contributed by atoms with van der Waals surface area (Å²) in [4.78, 5) is 26.8. The average Bonchev–Trinajstić information content (AvgIpc) is 3.19. The first kappa shape index (κ1) is 39.5. The molecule has 2 aromatic heterocycles. The van der Waals surface area contributed by atoms with Gasteiger partial charge in [0, 0.05) is 37.6 Å². The summed E-state index contributed by atoms with van der Waals surface area (Å²) in [5.74, 6) is -0.198. The molecule has 0 spiro atoms. The Morgan fingerprint density at radius 1 is 0.684 bits per heavy atom. The second kappa shape index (κ2) is 17.5. The van der Waals surface area contributed by atoms with Crippen LogP contribution in [0.5, 0.6) is 11.5 Å². The molecular weight excluding hydrogens is 764 g/mol. The van der Waals surface area contributed by atoms with E-state index in [1.807, 2.05) is 4.90 Å². The van der Waals surface area contributed by atoms with Gasteiger partial charge in [-0.15, -0.1) is 0 Å². The normalized spacial score (nSPS) is 15.0. The van der Waals surface area contributed by atoms with Crippen molar-refractivity contribution in [3.8, 4) is 11.5 Å². The van der Waals surface area contributed by atoms with Crippen molar-refractivity contribution in [2.45, 2.75) is 12.1 Å². The first-order chi connectivity index (χ1) is 27.4. The molecule has 288 valence electrons. The summed E-state index contributed by atoms with van der Waals surface area (Å²) < 4.78 is 65.1. The Morgan fingerprint density at radius 3 is 1.60 bits per heavy atom. The number of hydrogen-bond donors (Lipinski definition) is 2. The SMILES string of the molecule is CN1c2nc(Cl)ncc2OCC1c1cc(F)cc(F)c1.[C-]#[N+]c1ccc(N)cc1.[C-]#[N+]c1ccc(Nc2ncc3c(n2)N(C)C(c2cc(F)cc(F)c2)CO3)cc1. The minimum absolute atomic E-state index is 0.0882. The number of aromatic nitrogens is 4. The van der Waals surface area contributed by atoms with E-state index in [1.165, 1.54) is 30.5 Å². The predicted octanol–water partition coefficient (Wildman–Crippen LogP) is 9.42. The van der Waals surface area contributed by atoms with Crippen LogP contribution in [0.1, 0.15) is 23.2 Å². The first-order valence-electron chi connectivity index (χ1n) is 16.9. The summed E-state index contributed by atoms with van der Waals surface area (Å²) >= 11 is 5.76. The van der Waals surface area contributed by atoms with Crippen LogP contribution in [-0.4, -0.2) is 47.2 Å². The van der Waals surface area contributed by atoms with Crippen LogP contribution >= 0.6 is 11.6 Å². The van der Waals surface area contributed by atoms with Gasteiger partial charge in [-0.25, -0.2) is 37.2 Å². The molecule has 0 aliphatic carbocycles. The lowest BCUT2D eigenvalue weighted by molar-refractivity contribution is 0.264. The molecule has 2 aliphatic rings. The maximum Gasteiger partial charge on any atom is 0.229 e. The number of ether oxygens (including phenoxy) is 2. The van der Waals surface area contributed by atoms with E-state index in [1.54, 1.807) is 73.7 Å². The summed E-state index contributed by atoms with van der Waals surface area (Å²) in [5.41, 5.74) is 8.92. The topological polar surface area (TPSA) is 123 Å². The van der Waals surface area contributed by atoms with Crippen molar-refractivity contribution in [1.82, 2.24) is 19.9 Å². The summed E-state index contributed by atoms with van der Waals surface area (Å²) in [6.45, 7) is 14.1. The van der Waals surface area contributed by atoms with Crippen molar-refractivity contribution >= 4 is 51.9 Å². The molecule has 0 fully saturated rings. The molecule has 17 heteroatoms. The predicted molar refractivity (Wildman–Crippen MR) is 208 cm³/mol. The number of halogens is 5. The zero-order chi connectivity index (χ0) is 40.6.